The highest BCUT2D eigenvalue weighted by Crippen LogP contribution is 2.31. The Morgan fingerprint density at radius 3 is 2.80 bits per heavy atom. The number of aromatic nitrogens is 2. The van der Waals surface area contributed by atoms with Crippen molar-refractivity contribution in [1.29, 1.82) is 0 Å². The number of ether oxygens (including phenoxy) is 1. The fourth-order valence-corrected chi connectivity index (χ4v) is 2.96. The topological polar surface area (TPSA) is 39.1 Å². The van der Waals surface area contributed by atoms with Gasteiger partial charge in [-0.2, -0.15) is 5.10 Å². The first-order valence-electron chi connectivity index (χ1n) is 6.72. The molecule has 1 N–H and O–H groups in total. The van der Waals surface area contributed by atoms with Crippen molar-refractivity contribution in [2.75, 3.05) is 13.7 Å². The molecule has 108 valence electrons. The van der Waals surface area contributed by atoms with Gasteiger partial charge in [0.1, 0.15) is 5.69 Å². The second kappa shape index (κ2) is 7.08. The summed E-state index contributed by atoms with van der Waals surface area (Å²) < 4.78 is 8.58. The van der Waals surface area contributed by atoms with Gasteiger partial charge in [0.05, 0.1) is 19.3 Å². The van der Waals surface area contributed by atoms with E-state index in [-0.39, 0.29) is 6.04 Å². The van der Waals surface area contributed by atoms with Crippen LogP contribution in [0.3, 0.4) is 0 Å². The molecule has 1 unspecified atom stereocenters. The van der Waals surface area contributed by atoms with Gasteiger partial charge >= 0.3 is 0 Å². The first-order chi connectivity index (χ1) is 9.69. The van der Waals surface area contributed by atoms with E-state index in [1.807, 2.05) is 11.7 Å². The molecule has 0 amide bonds. The molecule has 0 radical (unpaired) electrons. The summed E-state index contributed by atoms with van der Waals surface area (Å²) in [5.41, 5.74) is 2.31. The van der Waals surface area contributed by atoms with E-state index in [0.29, 0.717) is 0 Å². The highest BCUT2D eigenvalue weighted by molar-refractivity contribution is 14.1. The highest BCUT2D eigenvalue weighted by atomic mass is 127. The average molecular weight is 385 g/mol. The van der Waals surface area contributed by atoms with Crippen molar-refractivity contribution in [1.82, 2.24) is 15.1 Å². The molecule has 1 atom stereocenters. The Bertz CT molecular complexity index is 568. The van der Waals surface area contributed by atoms with Crippen molar-refractivity contribution in [2.45, 2.75) is 19.4 Å². The van der Waals surface area contributed by atoms with Crippen LogP contribution in [0.2, 0.25) is 0 Å². The van der Waals surface area contributed by atoms with Crippen LogP contribution in [0, 0.1) is 3.57 Å². The fraction of sp³-hybridized carbons (Fsp3) is 0.400. The van der Waals surface area contributed by atoms with E-state index in [1.165, 1.54) is 9.13 Å². The number of nitrogens with one attached hydrogen (secondary N) is 1. The van der Waals surface area contributed by atoms with E-state index < -0.39 is 0 Å². The predicted octanol–water partition coefficient (Wildman–Crippen LogP) is 3.12. The molecular weight excluding hydrogens is 365 g/mol. The van der Waals surface area contributed by atoms with Gasteiger partial charge in [0.2, 0.25) is 0 Å². The predicted molar refractivity (Wildman–Crippen MR) is 89.1 cm³/mol. The molecule has 0 spiro atoms. The Hall–Kier alpha value is -1.08. The lowest BCUT2D eigenvalue weighted by Crippen LogP contribution is -2.26. The van der Waals surface area contributed by atoms with Gasteiger partial charge in [-0.05, 0) is 47.2 Å². The molecular formula is C15H20IN3O. The Kier molecular flexibility index (Phi) is 5.42. The Balaban J connectivity index is 2.47. The molecule has 1 heterocycles. The van der Waals surface area contributed by atoms with Gasteiger partial charge in [-0.15, -0.1) is 0 Å². The van der Waals surface area contributed by atoms with Crippen LogP contribution in [-0.2, 0) is 7.05 Å². The van der Waals surface area contributed by atoms with Crippen LogP contribution in [0.5, 0.6) is 5.75 Å². The second-order valence-corrected chi connectivity index (χ2v) is 5.79. The minimum Gasteiger partial charge on any atom is -0.493 e. The Labute approximate surface area is 133 Å². The van der Waals surface area contributed by atoms with Crippen molar-refractivity contribution >= 4 is 22.6 Å². The van der Waals surface area contributed by atoms with E-state index in [0.717, 1.165) is 24.4 Å². The smallest absolute Gasteiger partial charge is 0.161 e. The maximum absolute atomic E-state index is 5.46. The molecule has 5 heteroatoms. The zero-order valence-electron chi connectivity index (χ0n) is 12.1. The third-order valence-electron chi connectivity index (χ3n) is 3.26. The van der Waals surface area contributed by atoms with E-state index in [2.05, 4.69) is 64.2 Å². The number of benzene rings is 1. The van der Waals surface area contributed by atoms with Crippen LogP contribution in [0.4, 0.5) is 0 Å². The van der Waals surface area contributed by atoms with Crippen LogP contribution in [0.1, 0.15) is 30.6 Å². The van der Waals surface area contributed by atoms with E-state index >= 15 is 0 Å². The summed E-state index contributed by atoms with van der Waals surface area (Å²) in [6, 6.07) is 8.50. The lowest BCUT2D eigenvalue weighted by atomic mass is 10.0. The minimum absolute atomic E-state index is 0.0884. The zero-order valence-corrected chi connectivity index (χ0v) is 14.2. The molecule has 0 bridgehead atoms. The van der Waals surface area contributed by atoms with Gasteiger partial charge in [-0.3, -0.25) is 4.68 Å². The molecule has 0 aliphatic heterocycles. The van der Waals surface area contributed by atoms with Crippen LogP contribution < -0.4 is 10.1 Å². The summed E-state index contributed by atoms with van der Waals surface area (Å²) in [4.78, 5) is 0. The molecule has 0 saturated carbocycles. The largest absolute Gasteiger partial charge is 0.493 e. The molecule has 2 aromatic rings. The molecule has 1 aromatic carbocycles. The number of hydrogen-bond acceptors (Lipinski definition) is 3. The van der Waals surface area contributed by atoms with E-state index in [1.54, 1.807) is 13.3 Å². The maximum atomic E-state index is 5.46. The molecule has 0 fully saturated rings. The fourth-order valence-electron chi connectivity index (χ4n) is 2.27. The molecule has 0 saturated heterocycles. The van der Waals surface area contributed by atoms with Crippen molar-refractivity contribution in [3.8, 4) is 5.75 Å². The van der Waals surface area contributed by atoms with Gasteiger partial charge in [-0.25, -0.2) is 0 Å². The molecule has 0 aliphatic carbocycles. The van der Waals surface area contributed by atoms with Gasteiger partial charge in [-0.1, -0.05) is 25.1 Å². The monoisotopic (exact) mass is 385 g/mol. The standard InChI is InChI=1S/C15H20IN3O/c1-4-9-17-14(11-7-5-6-8-12(11)16)15-13(20-3)10-18-19(15)2/h5-8,10,14,17H,4,9H2,1-3H3. The second-order valence-electron chi connectivity index (χ2n) is 4.63. The molecule has 2 rings (SSSR count). The summed E-state index contributed by atoms with van der Waals surface area (Å²) in [7, 11) is 3.64. The normalized spacial score (nSPS) is 12.4. The van der Waals surface area contributed by atoms with Crippen molar-refractivity contribution in [3.63, 3.8) is 0 Å². The summed E-state index contributed by atoms with van der Waals surface area (Å²) in [5, 5.41) is 7.92. The number of hydrogen-bond donors (Lipinski definition) is 1. The number of aryl methyl sites for hydroxylation is 1. The summed E-state index contributed by atoms with van der Waals surface area (Å²) in [6.07, 6.45) is 2.85. The SMILES string of the molecule is CCCNC(c1ccccc1I)c1c(OC)cnn1C. The lowest BCUT2D eigenvalue weighted by Gasteiger charge is -2.21. The van der Waals surface area contributed by atoms with Gasteiger partial charge < -0.3 is 10.1 Å². The van der Waals surface area contributed by atoms with Crippen molar-refractivity contribution in [3.05, 3.63) is 45.3 Å². The third-order valence-corrected chi connectivity index (χ3v) is 4.24. The van der Waals surface area contributed by atoms with Crippen molar-refractivity contribution < 1.29 is 4.74 Å². The number of nitrogens with zero attached hydrogens (tertiary/aromatic N) is 2. The van der Waals surface area contributed by atoms with E-state index in [4.69, 9.17) is 4.74 Å². The Morgan fingerprint density at radius 1 is 1.40 bits per heavy atom. The molecule has 1 aromatic heterocycles. The molecule has 0 aliphatic rings. The Morgan fingerprint density at radius 2 is 2.15 bits per heavy atom. The van der Waals surface area contributed by atoms with Crippen LogP contribution in [-0.4, -0.2) is 23.4 Å². The van der Waals surface area contributed by atoms with Gasteiger partial charge in [0, 0.05) is 10.6 Å². The van der Waals surface area contributed by atoms with Crippen LogP contribution >= 0.6 is 22.6 Å². The molecule has 4 nitrogen and oxygen atoms in total. The number of methoxy groups -OCH3 is 1. The van der Waals surface area contributed by atoms with Crippen molar-refractivity contribution in [2.24, 2.45) is 7.05 Å². The third kappa shape index (κ3) is 3.15. The quantitative estimate of drug-likeness (QED) is 0.777. The molecule has 20 heavy (non-hydrogen) atoms. The first kappa shape index (κ1) is 15.3. The van der Waals surface area contributed by atoms with Gasteiger partial charge in [0.25, 0.3) is 0 Å². The first-order valence-corrected chi connectivity index (χ1v) is 7.80. The minimum atomic E-state index is 0.0884. The lowest BCUT2D eigenvalue weighted by molar-refractivity contribution is 0.400. The maximum Gasteiger partial charge on any atom is 0.161 e. The van der Waals surface area contributed by atoms with Crippen LogP contribution in [0.15, 0.2) is 30.5 Å². The number of rotatable bonds is 6. The number of halogens is 1. The zero-order chi connectivity index (χ0) is 14.5. The van der Waals surface area contributed by atoms with Crippen LogP contribution in [0.25, 0.3) is 0 Å². The van der Waals surface area contributed by atoms with Gasteiger partial charge in [0.15, 0.2) is 5.75 Å². The van der Waals surface area contributed by atoms with E-state index in [9.17, 15) is 0 Å². The summed E-state index contributed by atoms with van der Waals surface area (Å²) >= 11 is 2.38. The summed E-state index contributed by atoms with van der Waals surface area (Å²) in [5.74, 6) is 0.820. The average Bonchev–Trinajstić information content (AvgIpc) is 2.82. The highest BCUT2D eigenvalue weighted by Gasteiger charge is 2.23. The summed E-state index contributed by atoms with van der Waals surface area (Å²) in [6.45, 7) is 3.12.